The van der Waals surface area contributed by atoms with E-state index in [1.807, 2.05) is 12.1 Å². The van der Waals surface area contributed by atoms with Crippen LogP contribution in [0.15, 0.2) is 40.4 Å². The molecule has 1 unspecified atom stereocenters. The van der Waals surface area contributed by atoms with Crippen molar-refractivity contribution in [3.8, 4) is 0 Å². The second-order valence-electron chi connectivity index (χ2n) is 6.85. The quantitative estimate of drug-likeness (QED) is 0.622. The third-order valence-corrected chi connectivity index (χ3v) is 5.13. The summed E-state index contributed by atoms with van der Waals surface area (Å²) in [6.07, 6.45) is 4.88. The van der Waals surface area contributed by atoms with E-state index >= 15 is 0 Å². The van der Waals surface area contributed by atoms with Crippen molar-refractivity contribution in [2.75, 3.05) is 19.6 Å². The lowest BCUT2D eigenvalue weighted by Crippen LogP contribution is -2.51. The third kappa shape index (κ3) is 2.91. The average Bonchev–Trinajstić information content (AvgIpc) is 3.12. The molecular weight excluding hydrogens is 362 g/mol. The molecule has 0 radical (unpaired) electrons. The number of nitrogens with zero attached hydrogens (tertiary/aromatic N) is 6. The van der Waals surface area contributed by atoms with Crippen molar-refractivity contribution < 1.29 is 4.79 Å². The van der Waals surface area contributed by atoms with Gasteiger partial charge in [0.15, 0.2) is 11.2 Å². The minimum atomic E-state index is -0.558. The summed E-state index contributed by atoms with van der Waals surface area (Å²) in [5.41, 5.74) is 0.429. The highest BCUT2D eigenvalue weighted by molar-refractivity contribution is 5.77. The number of pyridine rings is 1. The van der Waals surface area contributed by atoms with Gasteiger partial charge in [-0.25, -0.2) is 14.3 Å². The summed E-state index contributed by atoms with van der Waals surface area (Å²) in [6.45, 7) is 1.41. The lowest BCUT2D eigenvalue weighted by atomic mass is 10.1. The Morgan fingerprint density at radius 2 is 2.14 bits per heavy atom. The number of aryl methyl sites for hydroxylation is 2. The van der Waals surface area contributed by atoms with Crippen LogP contribution in [-0.4, -0.2) is 54.1 Å². The molecule has 1 aliphatic heterocycles. The molecule has 1 fully saturated rings. The maximum Gasteiger partial charge on any atom is 0.332 e. The van der Waals surface area contributed by atoms with Crippen LogP contribution < -0.4 is 16.6 Å². The predicted molar refractivity (Wildman–Crippen MR) is 102 cm³/mol. The molecule has 1 N–H and O–H groups in total. The Hall–Kier alpha value is -3.27. The molecule has 28 heavy (non-hydrogen) atoms. The summed E-state index contributed by atoms with van der Waals surface area (Å²) in [4.78, 5) is 48.5. The molecule has 10 heteroatoms. The molecule has 0 bridgehead atoms. The normalized spacial score (nSPS) is 17.2. The number of carbonyl (C=O) groups excluding carboxylic acids is 1. The van der Waals surface area contributed by atoms with Crippen LogP contribution in [0.25, 0.3) is 11.2 Å². The molecule has 4 rings (SSSR count). The van der Waals surface area contributed by atoms with Crippen LogP contribution in [0.4, 0.5) is 0 Å². The Balaban J connectivity index is 1.71. The van der Waals surface area contributed by atoms with Crippen molar-refractivity contribution >= 4 is 17.1 Å². The lowest BCUT2D eigenvalue weighted by molar-refractivity contribution is -0.135. The summed E-state index contributed by atoms with van der Waals surface area (Å²) in [5, 5.41) is 3.27. The minimum absolute atomic E-state index is 0.199. The fourth-order valence-corrected chi connectivity index (χ4v) is 3.64. The largest absolute Gasteiger partial charge is 0.332 e. The van der Waals surface area contributed by atoms with E-state index < -0.39 is 11.2 Å². The number of imidazole rings is 1. The van der Waals surface area contributed by atoms with Crippen molar-refractivity contribution in [2.45, 2.75) is 12.6 Å². The molecule has 146 valence electrons. The molecule has 0 aliphatic carbocycles. The van der Waals surface area contributed by atoms with Gasteiger partial charge in [0, 0.05) is 46.1 Å². The summed E-state index contributed by atoms with van der Waals surface area (Å²) >= 11 is 0. The smallest absolute Gasteiger partial charge is 0.331 e. The maximum absolute atomic E-state index is 13.1. The van der Waals surface area contributed by atoms with Crippen LogP contribution in [-0.2, 0) is 25.4 Å². The first kappa shape index (κ1) is 18.1. The fraction of sp³-hybridized carbons (Fsp3) is 0.389. The molecule has 0 spiro atoms. The van der Waals surface area contributed by atoms with E-state index in [9.17, 15) is 14.4 Å². The molecule has 1 saturated heterocycles. The van der Waals surface area contributed by atoms with E-state index in [-0.39, 0.29) is 18.5 Å². The van der Waals surface area contributed by atoms with Crippen LogP contribution in [0.5, 0.6) is 0 Å². The average molecular weight is 383 g/mol. The van der Waals surface area contributed by atoms with Crippen LogP contribution in [0.1, 0.15) is 11.6 Å². The highest BCUT2D eigenvalue weighted by atomic mass is 16.2. The van der Waals surface area contributed by atoms with Gasteiger partial charge in [0.2, 0.25) is 5.91 Å². The number of aromatic nitrogens is 5. The first-order valence-electron chi connectivity index (χ1n) is 9.00. The van der Waals surface area contributed by atoms with Gasteiger partial charge in [-0.2, -0.15) is 0 Å². The fourth-order valence-electron chi connectivity index (χ4n) is 3.64. The Kier molecular flexibility index (Phi) is 4.55. The van der Waals surface area contributed by atoms with Gasteiger partial charge in [-0.05, 0) is 11.6 Å². The number of hydrogen-bond donors (Lipinski definition) is 1. The number of fused-ring (bicyclic) bond motifs is 1. The van der Waals surface area contributed by atoms with Gasteiger partial charge in [-0.15, -0.1) is 0 Å². The van der Waals surface area contributed by atoms with Gasteiger partial charge >= 0.3 is 5.69 Å². The lowest BCUT2D eigenvalue weighted by Gasteiger charge is -2.36. The standard InChI is InChI=1S/C18H21N7O3/c1-22-11-21-16-15(22)17(27)25(18(28)23(16)2)10-14(26)24-7-6-20-9-13(24)12-4-3-5-19-8-12/h3-5,8,11,13,20H,6-7,9-10H2,1-2H3. The van der Waals surface area contributed by atoms with Crippen molar-refractivity contribution in [3.05, 3.63) is 57.3 Å². The number of piperazine rings is 1. The molecule has 1 amide bonds. The number of nitrogens with one attached hydrogen (secondary N) is 1. The summed E-state index contributed by atoms with van der Waals surface area (Å²) < 4.78 is 3.83. The molecule has 1 atom stereocenters. The number of amides is 1. The van der Waals surface area contributed by atoms with E-state index in [0.717, 1.165) is 10.1 Å². The van der Waals surface area contributed by atoms with Crippen molar-refractivity contribution in [1.82, 2.24) is 33.9 Å². The van der Waals surface area contributed by atoms with Gasteiger partial charge in [0.25, 0.3) is 5.56 Å². The second kappa shape index (κ2) is 7.04. The second-order valence-corrected chi connectivity index (χ2v) is 6.85. The zero-order valence-electron chi connectivity index (χ0n) is 15.7. The van der Waals surface area contributed by atoms with Gasteiger partial charge in [0.05, 0.1) is 12.4 Å². The van der Waals surface area contributed by atoms with Crippen LogP contribution in [0, 0.1) is 0 Å². The Morgan fingerprint density at radius 1 is 1.32 bits per heavy atom. The van der Waals surface area contributed by atoms with E-state index in [4.69, 9.17) is 0 Å². The highest BCUT2D eigenvalue weighted by Gasteiger charge is 2.29. The Morgan fingerprint density at radius 3 is 2.89 bits per heavy atom. The Labute approximate surface area is 160 Å². The molecule has 0 saturated carbocycles. The van der Waals surface area contributed by atoms with E-state index in [1.54, 1.807) is 36.0 Å². The molecular formula is C18H21N7O3. The zero-order valence-corrected chi connectivity index (χ0v) is 15.7. The zero-order chi connectivity index (χ0) is 19.8. The topological polar surface area (TPSA) is 107 Å². The van der Waals surface area contributed by atoms with Crippen LogP contribution >= 0.6 is 0 Å². The summed E-state index contributed by atoms with van der Waals surface area (Å²) in [5.74, 6) is -0.281. The van der Waals surface area contributed by atoms with Crippen molar-refractivity contribution in [1.29, 1.82) is 0 Å². The molecule has 0 aromatic carbocycles. The van der Waals surface area contributed by atoms with Crippen molar-refractivity contribution in [3.63, 3.8) is 0 Å². The van der Waals surface area contributed by atoms with Gasteiger partial charge < -0.3 is 14.8 Å². The molecule has 4 heterocycles. The SMILES string of the molecule is Cn1cnc2c1c(=O)n(CC(=O)N1CCNCC1c1cccnc1)c(=O)n2C. The first-order chi connectivity index (χ1) is 13.5. The molecule has 1 aliphatic rings. The van der Waals surface area contributed by atoms with E-state index in [1.165, 1.54) is 10.9 Å². The maximum atomic E-state index is 13.1. The molecule has 3 aromatic rings. The molecule has 3 aromatic heterocycles. The first-order valence-corrected chi connectivity index (χ1v) is 9.00. The number of rotatable bonds is 3. The van der Waals surface area contributed by atoms with E-state index in [0.29, 0.717) is 30.8 Å². The monoisotopic (exact) mass is 383 g/mol. The Bertz CT molecular complexity index is 1150. The molecule has 10 nitrogen and oxygen atoms in total. The van der Waals surface area contributed by atoms with Crippen LogP contribution in [0.3, 0.4) is 0 Å². The van der Waals surface area contributed by atoms with E-state index in [2.05, 4.69) is 15.3 Å². The van der Waals surface area contributed by atoms with Gasteiger partial charge in [-0.1, -0.05) is 6.07 Å². The predicted octanol–water partition coefficient (Wildman–Crippen LogP) is -0.998. The van der Waals surface area contributed by atoms with Gasteiger partial charge in [0.1, 0.15) is 6.54 Å². The summed E-state index contributed by atoms with van der Waals surface area (Å²) in [7, 11) is 3.23. The minimum Gasteiger partial charge on any atom is -0.331 e. The van der Waals surface area contributed by atoms with Crippen molar-refractivity contribution in [2.24, 2.45) is 14.1 Å². The van der Waals surface area contributed by atoms with Crippen LogP contribution in [0.2, 0.25) is 0 Å². The number of hydrogen-bond acceptors (Lipinski definition) is 6. The third-order valence-electron chi connectivity index (χ3n) is 5.13. The highest BCUT2D eigenvalue weighted by Crippen LogP contribution is 2.21. The number of carbonyl (C=O) groups is 1. The summed E-state index contributed by atoms with van der Waals surface area (Å²) in [6, 6.07) is 3.54. The van der Waals surface area contributed by atoms with Gasteiger partial charge in [-0.3, -0.25) is 19.1 Å².